The predicted octanol–water partition coefficient (Wildman–Crippen LogP) is 5.07. The van der Waals surface area contributed by atoms with Crippen LogP contribution in [0.15, 0.2) is 42.5 Å². The van der Waals surface area contributed by atoms with E-state index in [1.54, 1.807) is 11.8 Å². The van der Waals surface area contributed by atoms with Crippen LogP contribution in [0.1, 0.15) is 35.2 Å². The Morgan fingerprint density at radius 1 is 1.22 bits per heavy atom. The summed E-state index contributed by atoms with van der Waals surface area (Å²) in [6.07, 6.45) is 0. The van der Waals surface area contributed by atoms with E-state index in [0.29, 0.717) is 5.75 Å². The summed E-state index contributed by atoms with van der Waals surface area (Å²) in [5, 5.41) is 3.83. The van der Waals surface area contributed by atoms with Gasteiger partial charge in [0, 0.05) is 10.8 Å². The van der Waals surface area contributed by atoms with E-state index in [1.807, 2.05) is 31.2 Å². The first-order valence-electron chi connectivity index (χ1n) is 7.65. The van der Waals surface area contributed by atoms with E-state index < -0.39 is 0 Å². The summed E-state index contributed by atoms with van der Waals surface area (Å²) < 4.78 is 0. The third-order valence-electron chi connectivity index (χ3n) is 3.73. The van der Waals surface area contributed by atoms with Crippen LogP contribution in [0.3, 0.4) is 0 Å². The molecular formula is C19H22ClNOS. The molecule has 2 rings (SSSR count). The van der Waals surface area contributed by atoms with Gasteiger partial charge in [-0.15, -0.1) is 11.8 Å². The van der Waals surface area contributed by atoms with Gasteiger partial charge >= 0.3 is 0 Å². The van der Waals surface area contributed by atoms with Gasteiger partial charge in [-0.2, -0.15) is 0 Å². The number of halogens is 1. The van der Waals surface area contributed by atoms with Gasteiger partial charge in [0.1, 0.15) is 0 Å². The largest absolute Gasteiger partial charge is 0.349 e. The molecule has 0 aliphatic rings. The van der Waals surface area contributed by atoms with Crippen LogP contribution in [0.5, 0.6) is 0 Å². The highest BCUT2D eigenvalue weighted by atomic mass is 35.5. The van der Waals surface area contributed by atoms with Crippen molar-refractivity contribution in [1.29, 1.82) is 0 Å². The van der Waals surface area contributed by atoms with Crippen molar-refractivity contribution in [3.05, 3.63) is 69.7 Å². The number of aryl methyl sites for hydroxylation is 2. The van der Waals surface area contributed by atoms with Crippen molar-refractivity contribution in [3.63, 3.8) is 0 Å². The van der Waals surface area contributed by atoms with E-state index in [1.165, 1.54) is 16.7 Å². The summed E-state index contributed by atoms with van der Waals surface area (Å²) in [7, 11) is 0. The highest BCUT2D eigenvalue weighted by molar-refractivity contribution is 7.99. The topological polar surface area (TPSA) is 29.1 Å². The molecule has 0 saturated carbocycles. The number of amides is 1. The first-order chi connectivity index (χ1) is 11.0. The minimum Gasteiger partial charge on any atom is -0.349 e. The lowest BCUT2D eigenvalue weighted by atomic mass is 10.00. The van der Waals surface area contributed by atoms with Gasteiger partial charge in [0.25, 0.3) is 0 Å². The highest BCUT2D eigenvalue weighted by Crippen LogP contribution is 2.22. The van der Waals surface area contributed by atoms with Crippen molar-refractivity contribution in [1.82, 2.24) is 5.32 Å². The molecule has 2 aromatic carbocycles. The molecule has 0 radical (unpaired) electrons. The van der Waals surface area contributed by atoms with Gasteiger partial charge in [-0.1, -0.05) is 53.6 Å². The fraction of sp³-hybridized carbons (Fsp3) is 0.316. The SMILES string of the molecule is Cc1ccc(C)c([C@@H](C)NC(=O)CSCc2ccccc2Cl)c1. The minimum absolute atomic E-state index is 0.0170. The molecule has 1 atom stereocenters. The molecule has 0 spiro atoms. The molecule has 2 aromatic rings. The number of nitrogens with one attached hydrogen (secondary N) is 1. The lowest BCUT2D eigenvalue weighted by molar-refractivity contribution is -0.119. The van der Waals surface area contributed by atoms with Gasteiger partial charge in [0.05, 0.1) is 11.8 Å². The standard InChI is InChI=1S/C19H22ClNOS/c1-13-8-9-14(2)17(10-13)15(3)21-19(22)12-23-11-16-6-4-5-7-18(16)20/h4-10,15H,11-12H2,1-3H3,(H,21,22)/t15-/m1/s1. The van der Waals surface area contributed by atoms with Crippen molar-refractivity contribution in [2.75, 3.05) is 5.75 Å². The molecule has 4 heteroatoms. The quantitative estimate of drug-likeness (QED) is 0.790. The van der Waals surface area contributed by atoms with Crippen molar-refractivity contribution in [3.8, 4) is 0 Å². The van der Waals surface area contributed by atoms with Crippen LogP contribution < -0.4 is 5.32 Å². The first kappa shape index (κ1) is 17.9. The van der Waals surface area contributed by atoms with Crippen molar-refractivity contribution in [2.24, 2.45) is 0 Å². The number of hydrogen-bond acceptors (Lipinski definition) is 2. The predicted molar refractivity (Wildman–Crippen MR) is 100 cm³/mol. The third kappa shape index (κ3) is 5.29. The Bertz CT molecular complexity index is 687. The third-order valence-corrected chi connectivity index (χ3v) is 5.08. The second-order valence-corrected chi connectivity index (χ2v) is 7.13. The lowest BCUT2D eigenvalue weighted by Gasteiger charge is -2.17. The van der Waals surface area contributed by atoms with E-state index in [4.69, 9.17) is 11.6 Å². The Kier molecular flexibility index (Phi) is 6.55. The molecule has 2 nitrogen and oxygen atoms in total. The fourth-order valence-electron chi connectivity index (χ4n) is 2.46. The smallest absolute Gasteiger partial charge is 0.230 e. The zero-order chi connectivity index (χ0) is 16.8. The summed E-state index contributed by atoms with van der Waals surface area (Å²) in [6, 6.07) is 14.1. The molecule has 0 aliphatic carbocycles. The van der Waals surface area contributed by atoms with Crippen molar-refractivity contribution in [2.45, 2.75) is 32.6 Å². The van der Waals surface area contributed by atoms with Crippen LogP contribution in [-0.2, 0) is 10.5 Å². The molecule has 0 aliphatic heterocycles. The summed E-state index contributed by atoms with van der Waals surface area (Å²) in [5.41, 5.74) is 4.65. The molecule has 1 amide bonds. The van der Waals surface area contributed by atoms with E-state index in [9.17, 15) is 4.79 Å². The molecular weight excluding hydrogens is 326 g/mol. The second-order valence-electron chi connectivity index (χ2n) is 5.73. The van der Waals surface area contributed by atoms with Gasteiger partial charge in [0.15, 0.2) is 0 Å². The molecule has 0 fully saturated rings. The van der Waals surface area contributed by atoms with E-state index in [-0.39, 0.29) is 11.9 Å². The summed E-state index contributed by atoms with van der Waals surface area (Å²) in [6.45, 7) is 6.17. The first-order valence-corrected chi connectivity index (χ1v) is 9.18. The van der Waals surface area contributed by atoms with Gasteiger partial charge in [-0.05, 0) is 43.5 Å². The van der Waals surface area contributed by atoms with Crippen molar-refractivity contribution < 1.29 is 4.79 Å². The Balaban J connectivity index is 1.85. The van der Waals surface area contributed by atoms with Crippen LogP contribution >= 0.6 is 23.4 Å². The molecule has 0 bridgehead atoms. The maximum atomic E-state index is 12.1. The van der Waals surface area contributed by atoms with Crippen LogP contribution in [0.25, 0.3) is 0 Å². The average Bonchev–Trinajstić information content (AvgIpc) is 2.51. The van der Waals surface area contributed by atoms with Gasteiger partial charge < -0.3 is 5.32 Å². The highest BCUT2D eigenvalue weighted by Gasteiger charge is 2.12. The van der Waals surface area contributed by atoms with E-state index >= 15 is 0 Å². The molecule has 23 heavy (non-hydrogen) atoms. The molecule has 0 unspecified atom stereocenters. The van der Waals surface area contributed by atoms with E-state index in [2.05, 4.69) is 37.4 Å². The summed E-state index contributed by atoms with van der Waals surface area (Å²) >= 11 is 7.70. The maximum Gasteiger partial charge on any atom is 0.230 e. The zero-order valence-electron chi connectivity index (χ0n) is 13.7. The van der Waals surface area contributed by atoms with Crippen molar-refractivity contribution >= 4 is 29.3 Å². The number of carbonyl (C=O) groups is 1. The minimum atomic E-state index is 0.0170. The van der Waals surface area contributed by atoms with Crippen LogP contribution in [0.4, 0.5) is 0 Å². The fourth-order valence-corrected chi connectivity index (χ4v) is 3.58. The number of hydrogen-bond donors (Lipinski definition) is 1. The lowest BCUT2D eigenvalue weighted by Crippen LogP contribution is -2.28. The average molecular weight is 348 g/mol. The molecule has 1 N–H and O–H groups in total. The second kappa shape index (κ2) is 8.42. The Labute approximate surface area is 147 Å². The number of benzene rings is 2. The zero-order valence-corrected chi connectivity index (χ0v) is 15.3. The van der Waals surface area contributed by atoms with Crippen LogP contribution in [-0.4, -0.2) is 11.7 Å². The Hall–Kier alpha value is -1.45. The summed E-state index contributed by atoms with van der Waals surface area (Å²) in [4.78, 5) is 12.1. The number of rotatable bonds is 6. The summed E-state index contributed by atoms with van der Waals surface area (Å²) in [5.74, 6) is 1.22. The van der Waals surface area contributed by atoms with E-state index in [0.717, 1.165) is 16.3 Å². The van der Waals surface area contributed by atoms with Gasteiger partial charge in [-0.25, -0.2) is 0 Å². The molecule has 0 aromatic heterocycles. The van der Waals surface area contributed by atoms with Crippen LogP contribution in [0, 0.1) is 13.8 Å². The molecule has 0 saturated heterocycles. The maximum absolute atomic E-state index is 12.1. The van der Waals surface area contributed by atoms with Gasteiger partial charge in [-0.3, -0.25) is 4.79 Å². The van der Waals surface area contributed by atoms with Gasteiger partial charge in [0.2, 0.25) is 5.91 Å². The molecule has 0 heterocycles. The number of thioether (sulfide) groups is 1. The normalized spacial score (nSPS) is 12.0. The Morgan fingerprint density at radius 3 is 2.70 bits per heavy atom. The monoisotopic (exact) mass is 347 g/mol. The van der Waals surface area contributed by atoms with Crippen LogP contribution in [0.2, 0.25) is 5.02 Å². The Morgan fingerprint density at radius 2 is 1.96 bits per heavy atom. The number of carbonyl (C=O) groups excluding carboxylic acids is 1. The molecule has 122 valence electrons.